The van der Waals surface area contributed by atoms with Crippen molar-refractivity contribution in [3.8, 4) is 11.3 Å². The Morgan fingerprint density at radius 2 is 1.93 bits per heavy atom. The van der Waals surface area contributed by atoms with E-state index in [9.17, 15) is 4.79 Å². The van der Waals surface area contributed by atoms with Crippen molar-refractivity contribution in [1.82, 2.24) is 25.6 Å². The molecule has 3 aromatic heterocycles. The molecule has 0 spiro atoms. The number of fused-ring (bicyclic) bond motifs is 2. The van der Waals surface area contributed by atoms with E-state index in [4.69, 9.17) is 0 Å². The zero-order valence-electron chi connectivity index (χ0n) is 15.4. The molecule has 0 saturated heterocycles. The Hall–Kier alpha value is -4.00. The first-order valence-corrected chi connectivity index (χ1v) is 9.30. The summed E-state index contributed by atoms with van der Waals surface area (Å²) in [5, 5.41) is 11.7. The molecule has 2 aromatic carbocycles. The summed E-state index contributed by atoms with van der Waals surface area (Å²) < 4.78 is 4.69. The van der Waals surface area contributed by atoms with Gasteiger partial charge < -0.3 is 10.3 Å². The van der Waals surface area contributed by atoms with E-state index in [-0.39, 0.29) is 5.91 Å². The lowest BCUT2D eigenvalue weighted by atomic mass is 10.0. The highest BCUT2D eigenvalue weighted by Crippen LogP contribution is 2.30. The fraction of sp³-hybridized carbons (Fsp3) is 0.0909. The number of nitrogens with zero attached hydrogens (tertiary/aromatic N) is 3. The summed E-state index contributed by atoms with van der Waals surface area (Å²) in [5.41, 5.74) is 5.99. The van der Waals surface area contributed by atoms with Crippen LogP contribution in [0.1, 0.15) is 15.9 Å². The Bertz CT molecular complexity index is 1310. The lowest BCUT2D eigenvalue weighted by Gasteiger charge is -2.07. The quantitative estimate of drug-likeness (QED) is 0.482. The number of H-pyrrole nitrogens is 1. The summed E-state index contributed by atoms with van der Waals surface area (Å²) >= 11 is 0. The van der Waals surface area contributed by atoms with E-state index in [0.717, 1.165) is 27.7 Å². The summed E-state index contributed by atoms with van der Waals surface area (Å²) in [6, 6.07) is 17.2. The molecule has 5 rings (SSSR count). The molecule has 0 radical (unpaired) electrons. The highest BCUT2D eigenvalue weighted by Gasteiger charge is 2.14. The third-order valence-corrected chi connectivity index (χ3v) is 4.94. The van der Waals surface area contributed by atoms with Gasteiger partial charge in [-0.05, 0) is 58.7 Å². The van der Waals surface area contributed by atoms with E-state index in [2.05, 4.69) is 42.4 Å². The number of para-hydroxylation sites is 1. The summed E-state index contributed by atoms with van der Waals surface area (Å²) in [5.74, 6) is -0.155. The molecule has 7 nitrogen and oxygen atoms in total. The summed E-state index contributed by atoms with van der Waals surface area (Å²) in [7, 11) is 0. The molecule has 0 aliphatic carbocycles. The first kappa shape index (κ1) is 17.1. The molecule has 3 heterocycles. The van der Waals surface area contributed by atoms with Crippen LogP contribution >= 0.6 is 0 Å². The third kappa shape index (κ3) is 3.23. The SMILES string of the molecule is O=C(NCCc1c(-c2cccnc2)[nH]c2ccccc12)c1ccc2nonc2c1. The van der Waals surface area contributed by atoms with Crippen molar-refractivity contribution >= 4 is 27.8 Å². The highest BCUT2D eigenvalue weighted by molar-refractivity contribution is 5.97. The van der Waals surface area contributed by atoms with Gasteiger partial charge >= 0.3 is 0 Å². The molecule has 1 amide bonds. The van der Waals surface area contributed by atoms with Gasteiger partial charge in [0.05, 0.1) is 5.69 Å². The summed E-state index contributed by atoms with van der Waals surface area (Å²) in [6.07, 6.45) is 4.29. The van der Waals surface area contributed by atoms with E-state index >= 15 is 0 Å². The van der Waals surface area contributed by atoms with Crippen molar-refractivity contribution in [2.75, 3.05) is 6.54 Å². The maximum absolute atomic E-state index is 12.5. The standard InChI is InChI=1S/C22H17N5O2/c28-22(14-7-8-19-20(12-14)27-29-26-19)24-11-9-17-16-5-1-2-6-18(16)25-21(17)15-4-3-10-23-13-15/h1-8,10,12-13,25H,9,11H2,(H,24,28). The Balaban J connectivity index is 1.38. The number of carbonyl (C=O) groups is 1. The van der Waals surface area contributed by atoms with E-state index in [1.807, 2.05) is 30.5 Å². The fourth-order valence-corrected chi connectivity index (χ4v) is 3.54. The van der Waals surface area contributed by atoms with Crippen molar-refractivity contribution in [3.05, 3.63) is 78.1 Å². The van der Waals surface area contributed by atoms with Gasteiger partial charge in [0.1, 0.15) is 11.0 Å². The minimum absolute atomic E-state index is 0.155. The molecule has 29 heavy (non-hydrogen) atoms. The van der Waals surface area contributed by atoms with Crippen LogP contribution in [0, 0.1) is 0 Å². The van der Waals surface area contributed by atoms with Crippen LogP contribution in [-0.4, -0.2) is 32.7 Å². The predicted octanol–water partition coefficient (Wildman–Crippen LogP) is 3.74. The molecule has 0 aliphatic heterocycles. The van der Waals surface area contributed by atoms with Gasteiger partial charge in [0.15, 0.2) is 0 Å². The van der Waals surface area contributed by atoms with Gasteiger partial charge in [-0.2, -0.15) is 0 Å². The second-order valence-electron chi connectivity index (χ2n) is 6.74. The Labute approximate surface area is 165 Å². The number of nitrogens with one attached hydrogen (secondary N) is 2. The van der Waals surface area contributed by atoms with Gasteiger partial charge in [-0.1, -0.05) is 18.2 Å². The second-order valence-corrected chi connectivity index (χ2v) is 6.74. The van der Waals surface area contributed by atoms with Crippen LogP contribution in [0.4, 0.5) is 0 Å². The number of amides is 1. The van der Waals surface area contributed by atoms with E-state index in [0.29, 0.717) is 29.6 Å². The number of aromatic nitrogens is 4. The van der Waals surface area contributed by atoms with Crippen LogP contribution in [0.5, 0.6) is 0 Å². The van der Waals surface area contributed by atoms with E-state index in [1.54, 1.807) is 24.4 Å². The van der Waals surface area contributed by atoms with Crippen molar-refractivity contribution in [2.24, 2.45) is 0 Å². The van der Waals surface area contributed by atoms with Gasteiger partial charge in [-0.25, -0.2) is 4.63 Å². The number of aromatic amines is 1. The lowest BCUT2D eigenvalue weighted by molar-refractivity contribution is 0.0954. The first-order chi connectivity index (χ1) is 14.3. The van der Waals surface area contributed by atoms with Crippen LogP contribution in [-0.2, 0) is 6.42 Å². The average Bonchev–Trinajstić information content (AvgIpc) is 3.38. The maximum Gasteiger partial charge on any atom is 0.251 e. The topological polar surface area (TPSA) is 96.7 Å². The van der Waals surface area contributed by atoms with E-state index in [1.165, 1.54) is 0 Å². The predicted molar refractivity (Wildman–Crippen MR) is 109 cm³/mol. The number of rotatable bonds is 5. The normalized spacial score (nSPS) is 11.2. The van der Waals surface area contributed by atoms with E-state index < -0.39 is 0 Å². The average molecular weight is 383 g/mol. The molecule has 0 saturated carbocycles. The smallest absolute Gasteiger partial charge is 0.251 e. The summed E-state index contributed by atoms with van der Waals surface area (Å²) in [4.78, 5) is 20.3. The van der Waals surface area contributed by atoms with Gasteiger partial charge in [-0.15, -0.1) is 0 Å². The zero-order valence-corrected chi connectivity index (χ0v) is 15.4. The maximum atomic E-state index is 12.5. The van der Waals surface area contributed by atoms with Crippen molar-refractivity contribution < 1.29 is 9.42 Å². The summed E-state index contributed by atoms with van der Waals surface area (Å²) in [6.45, 7) is 0.503. The lowest BCUT2D eigenvalue weighted by Crippen LogP contribution is -2.25. The van der Waals surface area contributed by atoms with Crippen molar-refractivity contribution in [1.29, 1.82) is 0 Å². The highest BCUT2D eigenvalue weighted by atomic mass is 16.6. The number of pyridine rings is 1. The second kappa shape index (κ2) is 7.20. The van der Waals surface area contributed by atoms with Crippen molar-refractivity contribution in [2.45, 2.75) is 6.42 Å². The number of hydrogen-bond acceptors (Lipinski definition) is 5. The largest absolute Gasteiger partial charge is 0.354 e. The van der Waals surface area contributed by atoms with Crippen molar-refractivity contribution in [3.63, 3.8) is 0 Å². The third-order valence-electron chi connectivity index (χ3n) is 4.94. The van der Waals surface area contributed by atoms with Crippen LogP contribution in [0.2, 0.25) is 0 Å². The minimum atomic E-state index is -0.155. The van der Waals surface area contributed by atoms with Gasteiger partial charge in [0.25, 0.3) is 5.91 Å². The number of benzene rings is 2. The van der Waals surface area contributed by atoms with Gasteiger partial charge in [0.2, 0.25) is 0 Å². The Kier molecular flexibility index (Phi) is 4.25. The molecule has 0 fully saturated rings. The molecule has 0 bridgehead atoms. The van der Waals surface area contributed by atoms with Gasteiger partial charge in [-0.3, -0.25) is 9.78 Å². The molecule has 7 heteroatoms. The molecule has 5 aromatic rings. The molecular formula is C22H17N5O2. The molecule has 2 N–H and O–H groups in total. The monoisotopic (exact) mass is 383 g/mol. The number of carbonyl (C=O) groups excluding carboxylic acids is 1. The van der Waals surface area contributed by atoms with Crippen LogP contribution in [0.15, 0.2) is 71.6 Å². The fourth-order valence-electron chi connectivity index (χ4n) is 3.54. The first-order valence-electron chi connectivity index (χ1n) is 9.30. The van der Waals surface area contributed by atoms with Crippen LogP contribution < -0.4 is 5.32 Å². The molecule has 0 unspecified atom stereocenters. The van der Waals surface area contributed by atoms with Crippen LogP contribution in [0.3, 0.4) is 0 Å². The van der Waals surface area contributed by atoms with Gasteiger partial charge in [0, 0.05) is 41.0 Å². The van der Waals surface area contributed by atoms with Crippen LogP contribution in [0.25, 0.3) is 33.2 Å². The zero-order chi connectivity index (χ0) is 19.6. The Morgan fingerprint density at radius 3 is 2.83 bits per heavy atom. The Morgan fingerprint density at radius 1 is 1.03 bits per heavy atom. The minimum Gasteiger partial charge on any atom is -0.354 e. The molecule has 0 atom stereocenters. The molecular weight excluding hydrogens is 366 g/mol. The number of hydrogen-bond donors (Lipinski definition) is 2. The molecule has 0 aliphatic rings. The molecule has 142 valence electrons.